The fourth-order valence-corrected chi connectivity index (χ4v) is 4.13. The highest BCUT2D eigenvalue weighted by molar-refractivity contribution is 6.21. The predicted octanol–water partition coefficient (Wildman–Crippen LogP) is 6.87. The van der Waals surface area contributed by atoms with Gasteiger partial charge in [0.25, 0.3) is 0 Å². The van der Waals surface area contributed by atoms with Crippen LogP contribution in [0.4, 0.5) is 0 Å². The second kappa shape index (κ2) is 7.85. The van der Waals surface area contributed by atoms with E-state index in [1.807, 2.05) is 24.3 Å². The van der Waals surface area contributed by atoms with Crippen LogP contribution in [0.25, 0.3) is 43.8 Å². The van der Waals surface area contributed by atoms with Crippen LogP contribution in [0.5, 0.6) is 0 Å². The molecule has 0 spiro atoms. The van der Waals surface area contributed by atoms with Crippen molar-refractivity contribution < 1.29 is 4.42 Å². The van der Waals surface area contributed by atoms with E-state index in [4.69, 9.17) is 15.4 Å². The Balaban J connectivity index is 1.62. The maximum absolute atomic E-state index is 9.13. The van der Waals surface area contributed by atoms with Gasteiger partial charge < -0.3 is 10.2 Å². The van der Waals surface area contributed by atoms with Crippen molar-refractivity contribution in [2.45, 2.75) is 6.42 Å². The molecule has 1 aromatic heterocycles. The van der Waals surface area contributed by atoms with Gasteiger partial charge in [-0.25, -0.2) is 0 Å². The highest BCUT2D eigenvalue weighted by atomic mass is 16.3. The molecule has 5 aromatic rings. The largest absolute Gasteiger partial charge is 0.456 e. The van der Waals surface area contributed by atoms with Gasteiger partial charge in [-0.05, 0) is 58.3 Å². The smallest absolute Gasteiger partial charge is 0.136 e. The van der Waals surface area contributed by atoms with E-state index in [0.717, 1.165) is 38.6 Å². The number of nitrogens with zero attached hydrogens (tertiary/aromatic N) is 1. The van der Waals surface area contributed by atoms with Crippen LogP contribution < -0.4 is 5.73 Å². The summed E-state index contributed by atoms with van der Waals surface area (Å²) in [6.07, 6.45) is 5.56. The minimum absolute atomic E-state index is 0.563. The van der Waals surface area contributed by atoms with Crippen molar-refractivity contribution in [2.24, 2.45) is 5.73 Å². The number of nitrogens with two attached hydrogens (primary N) is 1. The molecule has 0 aliphatic carbocycles. The zero-order chi connectivity index (χ0) is 21.2. The Bertz CT molecular complexity index is 1510. The van der Waals surface area contributed by atoms with Crippen molar-refractivity contribution in [1.82, 2.24) is 0 Å². The van der Waals surface area contributed by atoms with Crippen LogP contribution in [0.1, 0.15) is 5.56 Å². The predicted molar refractivity (Wildman–Crippen MR) is 127 cm³/mol. The number of hydrogen-bond acceptors (Lipinski definition) is 3. The van der Waals surface area contributed by atoms with Crippen molar-refractivity contribution >= 4 is 32.7 Å². The summed E-state index contributed by atoms with van der Waals surface area (Å²) in [5, 5.41) is 13.8. The summed E-state index contributed by atoms with van der Waals surface area (Å²) in [5.74, 6) is 0. The third-order valence-corrected chi connectivity index (χ3v) is 5.61. The van der Waals surface area contributed by atoms with Gasteiger partial charge in [-0.3, -0.25) is 0 Å². The van der Waals surface area contributed by atoms with Gasteiger partial charge in [0, 0.05) is 16.3 Å². The van der Waals surface area contributed by atoms with E-state index in [-0.39, 0.29) is 0 Å². The number of allylic oxidation sites excluding steroid dienone is 3. The summed E-state index contributed by atoms with van der Waals surface area (Å²) in [7, 11) is 0. The first-order chi connectivity index (χ1) is 15.3. The summed E-state index contributed by atoms with van der Waals surface area (Å²) < 4.78 is 6.19. The van der Waals surface area contributed by atoms with E-state index in [0.29, 0.717) is 12.0 Å². The molecule has 0 saturated carbocycles. The lowest BCUT2D eigenvalue weighted by molar-refractivity contribution is 0.669. The summed E-state index contributed by atoms with van der Waals surface area (Å²) >= 11 is 0. The highest BCUT2D eigenvalue weighted by Gasteiger charge is 2.14. The lowest BCUT2D eigenvalue weighted by Crippen LogP contribution is -1.86. The third-order valence-electron chi connectivity index (χ3n) is 5.61. The Hall–Kier alpha value is -4.29. The lowest BCUT2D eigenvalue weighted by atomic mass is 9.94. The molecule has 31 heavy (non-hydrogen) atoms. The zero-order valence-corrected chi connectivity index (χ0v) is 16.9. The minimum atomic E-state index is 0.563. The van der Waals surface area contributed by atoms with Crippen LogP contribution in [0.15, 0.2) is 107 Å². The second-order valence-electron chi connectivity index (χ2n) is 7.47. The zero-order valence-electron chi connectivity index (χ0n) is 16.9. The molecule has 2 N–H and O–H groups in total. The Kier molecular flexibility index (Phi) is 4.74. The standard InChI is InChI=1S/C28H20N2O/c29-16-15-20(18-30)10-9-19-11-13-21(14-12-19)25-17-27-28(23-6-2-1-5-22(23)25)24-7-3-4-8-26(24)31-27/h1-8,10-17H,9,29H2/b16-15-,20-10+. The molecule has 5 rings (SSSR count). The Labute approximate surface area is 180 Å². The average molecular weight is 400 g/mol. The molecule has 4 aromatic carbocycles. The van der Waals surface area contributed by atoms with Crippen molar-refractivity contribution in [3.8, 4) is 17.2 Å². The van der Waals surface area contributed by atoms with Crippen LogP contribution in [0.3, 0.4) is 0 Å². The molecular formula is C28H20N2O. The van der Waals surface area contributed by atoms with Gasteiger partial charge >= 0.3 is 0 Å². The van der Waals surface area contributed by atoms with Crippen molar-refractivity contribution in [1.29, 1.82) is 5.26 Å². The Morgan fingerprint density at radius 3 is 2.32 bits per heavy atom. The first-order valence-electron chi connectivity index (χ1n) is 10.2. The number of benzene rings is 4. The van der Waals surface area contributed by atoms with Gasteiger partial charge in [-0.1, -0.05) is 72.8 Å². The molecule has 0 aliphatic rings. The van der Waals surface area contributed by atoms with E-state index in [1.165, 1.54) is 17.0 Å². The summed E-state index contributed by atoms with van der Waals surface area (Å²) in [5.41, 5.74) is 11.2. The van der Waals surface area contributed by atoms with Gasteiger partial charge in [0.2, 0.25) is 0 Å². The maximum Gasteiger partial charge on any atom is 0.136 e. The van der Waals surface area contributed by atoms with Crippen molar-refractivity contribution in [2.75, 3.05) is 0 Å². The fraction of sp³-hybridized carbons (Fsp3) is 0.0357. The molecule has 0 radical (unpaired) electrons. The van der Waals surface area contributed by atoms with Gasteiger partial charge in [0.15, 0.2) is 0 Å². The molecular weight excluding hydrogens is 380 g/mol. The van der Waals surface area contributed by atoms with Crippen LogP contribution in [0, 0.1) is 11.3 Å². The number of para-hydroxylation sites is 1. The van der Waals surface area contributed by atoms with E-state index in [2.05, 4.69) is 66.7 Å². The Morgan fingerprint density at radius 1 is 0.871 bits per heavy atom. The monoisotopic (exact) mass is 400 g/mol. The second-order valence-corrected chi connectivity index (χ2v) is 7.47. The van der Waals surface area contributed by atoms with E-state index in [9.17, 15) is 0 Å². The van der Waals surface area contributed by atoms with Crippen LogP contribution in [-0.2, 0) is 6.42 Å². The van der Waals surface area contributed by atoms with Crippen LogP contribution >= 0.6 is 0 Å². The molecule has 0 unspecified atom stereocenters. The minimum Gasteiger partial charge on any atom is -0.456 e. The molecule has 0 atom stereocenters. The molecule has 0 amide bonds. The molecule has 148 valence electrons. The molecule has 3 nitrogen and oxygen atoms in total. The highest BCUT2D eigenvalue weighted by Crippen LogP contribution is 2.39. The number of nitriles is 1. The van der Waals surface area contributed by atoms with E-state index < -0.39 is 0 Å². The Morgan fingerprint density at radius 2 is 1.58 bits per heavy atom. The summed E-state index contributed by atoms with van der Waals surface area (Å²) in [6.45, 7) is 0. The fourth-order valence-electron chi connectivity index (χ4n) is 4.13. The third kappa shape index (κ3) is 3.35. The number of fused-ring (bicyclic) bond motifs is 5. The molecule has 0 fully saturated rings. The topological polar surface area (TPSA) is 63.0 Å². The average Bonchev–Trinajstić information content (AvgIpc) is 3.20. The first-order valence-corrected chi connectivity index (χ1v) is 10.2. The molecule has 0 saturated heterocycles. The molecule has 0 bridgehead atoms. The molecule has 1 heterocycles. The van der Waals surface area contributed by atoms with E-state index in [1.54, 1.807) is 6.08 Å². The van der Waals surface area contributed by atoms with Crippen molar-refractivity contribution in [3.63, 3.8) is 0 Å². The van der Waals surface area contributed by atoms with Gasteiger partial charge in [0.1, 0.15) is 11.2 Å². The van der Waals surface area contributed by atoms with Crippen LogP contribution in [-0.4, -0.2) is 0 Å². The number of hydrogen-bond donors (Lipinski definition) is 1. The lowest BCUT2D eigenvalue weighted by Gasteiger charge is -2.09. The van der Waals surface area contributed by atoms with Gasteiger partial charge in [0.05, 0.1) is 6.07 Å². The molecule has 3 heteroatoms. The first kappa shape index (κ1) is 18.7. The number of rotatable bonds is 4. The van der Waals surface area contributed by atoms with Crippen molar-refractivity contribution in [3.05, 3.63) is 108 Å². The summed E-state index contributed by atoms with van der Waals surface area (Å²) in [6, 6.07) is 29.4. The molecule has 0 aliphatic heterocycles. The van der Waals surface area contributed by atoms with E-state index >= 15 is 0 Å². The van der Waals surface area contributed by atoms with Gasteiger partial charge in [-0.2, -0.15) is 5.26 Å². The van der Waals surface area contributed by atoms with Gasteiger partial charge in [-0.15, -0.1) is 0 Å². The van der Waals surface area contributed by atoms with Crippen LogP contribution in [0.2, 0.25) is 0 Å². The quantitative estimate of drug-likeness (QED) is 0.264. The summed E-state index contributed by atoms with van der Waals surface area (Å²) in [4.78, 5) is 0. The maximum atomic E-state index is 9.13. The number of furan rings is 1. The normalized spacial score (nSPS) is 12.2. The SMILES string of the molecule is N#CC(/C=C\N)=C/Cc1ccc(-c2cc3oc4ccccc4c3c3ccccc23)cc1.